The van der Waals surface area contributed by atoms with Crippen molar-refractivity contribution in [3.63, 3.8) is 0 Å². The Labute approximate surface area is 93.3 Å². The van der Waals surface area contributed by atoms with Crippen molar-refractivity contribution in [2.24, 2.45) is 0 Å². The molecule has 0 aliphatic carbocycles. The average Bonchev–Trinajstić information content (AvgIpc) is 2.26. The highest BCUT2D eigenvalue weighted by Gasteiger charge is 2.04. The summed E-state index contributed by atoms with van der Waals surface area (Å²) in [6, 6.07) is 0.442. The van der Waals surface area contributed by atoms with Crippen LogP contribution in [0.5, 0.6) is 0 Å². The third-order valence-electron chi connectivity index (χ3n) is 2.25. The standard InChI is InChI=1S/C11H25NO3/c1-12-11(10-14-3)6-4-8-15-9-5-7-13-2/h11-12H,4-10H2,1-3H3. The Balaban J connectivity index is 3.14. The van der Waals surface area contributed by atoms with Gasteiger partial charge in [-0.05, 0) is 26.3 Å². The molecule has 1 N–H and O–H groups in total. The molecule has 15 heavy (non-hydrogen) atoms. The molecule has 0 rings (SSSR count). The van der Waals surface area contributed by atoms with E-state index in [1.807, 2.05) is 7.05 Å². The highest BCUT2D eigenvalue weighted by atomic mass is 16.5. The molecule has 4 heteroatoms. The van der Waals surface area contributed by atoms with Crippen molar-refractivity contribution < 1.29 is 14.2 Å². The molecule has 0 amide bonds. The number of ether oxygens (including phenoxy) is 3. The van der Waals surface area contributed by atoms with Crippen molar-refractivity contribution in [3.05, 3.63) is 0 Å². The quantitative estimate of drug-likeness (QED) is 0.527. The van der Waals surface area contributed by atoms with E-state index in [0.29, 0.717) is 6.04 Å². The fourth-order valence-corrected chi connectivity index (χ4v) is 1.35. The lowest BCUT2D eigenvalue weighted by molar-refractivity contribution is 0.0956. The summed E-state index contributed by atoms with van der Waals surface area (Å²) in [6.07, 6.45) is 3.14. The Bertz CT molecular complexity index is 122. The van der Waals surface area contributed by atoms with Gasteiger partial charge in [-0.3, -0.25) is 0 Å². The second kappa shape index (κ2) is 11.9. The second-order valence-corrected chi connectivity index (χ2v) is 3.54. The predicted octanol–water partition coefficient (Wildman–Crippen LogP) is 1.05. The third-order valence-corrected chi connectivity index (χ3v) is 2.25. The highest BCUT2D eigenvalue weighted by molar-refractivity contribution is 4.62. The van der Waals surface area contributed by atoms with Crippen LogP contribution in [0, 0.1) is 0 Å². The van der Waals surface area contributed by atoms with Gasteiger partial charge >= 0.3 is 0 Å². The molecule has 1 unspecified atom stereocenters. The van der Waals surface area contributed by atoms with Gasteiger partial charge in [-0.15, -0.1) is 0 Å². The number of rotatable bonds is 11. The van der Waals surface area contributed by atoms with Gasteiger partial charge in [-0.1, -0.05) is 0 Å². The monoisotopic (exact) mass is 219 g/mol. The maximum absolute atomic E-state index is 5.46. The molecule has 0 bridgehead atoms. The number of hydrogen-bond acceptors (Lipinski definition) is 4. The van der Waals surface area contributed by atoms with Gasteiger partial charge in [-0.25, -0.2) is 0 Å². The zero-order valence-corrected chi connectivity index (χ0v) is 10.3. The van der Waals surface area contributed by atoms with E-state index in [2.05, 4.69) is 5.32 Å². The molecule has 92 valence electrons. The summed E-state index contributed by atoms with van der Waals surface area (Å²) in [7, 11) is 5.40. The smallest absolute Gasteiger partial charge is 0.0615 e. The van der Waals surface area contributed by atoms with Crippen LogP contribution in [0.2, 0.25) is 0 Å². The summed E-state index contributed by atoms with van der Waals surface area (Å²) in [5.41, 5.74) is 0. The minimum absolute atomic E-state index is 0.442. The third kappa shape index (κ3) is 10.1. The van der Waals surface area contributed by atoms with Crippen LogP contribution in [0.1, 0.15) is 19.3 Å². The molecule has 4 nitrogen and oxygen atoms in total. The topological polar surface area (TPSA) is 39.7 Å². The Morgan fingerprint density at radius 3 is 2.33 bits per heavy atom. The van der Waals surface area contributed by atoms with Crippen molar-refractivity contribution in [2.45, 2.75) is 25.3 Å². The van der Waals surface area contributed by atoms with Crippen LogP contribution in [-0.2, 0) is 14.2 Å². The van der Waals surface area contributed by atoms with E-state index < -0.39 is 0 Å². The predicted molar refractivity (Wildman–Crippen MR) is 61.3 cm³/mol. The molecule has 0 aliphatic rings. The Kier molecular flexibility index (Phi) is 11.8. The van der Waals surface area contributed by atoms with E-state index in [0.717, 1.165) is 45.7 Å². The molecule has 0 aliphatic heterocycles. The molecule has 1 atom stereocenters. The summed E-state index contributed by atoms with van der Waals surface area (Å²) >= 11 is 0. The van der Waals surface area contributed by atoms with Crippen LogP contribution >= 0.6 is 0 Å². The number of likely N-dealkylation sites (N-methyl/N-ethyl adjacent to an activating group) is 1. The highest BCUT2D eigenvalue weighted by Crippen LogP contribution is 1.98. The molecule has 0 saturated carbocycles. The Morgan fingerprint density at radius 2 is 1.73 bits per heavy atom. The van der Waals surface area contributed by atoms with Crippen LogP contribution in [0.25, 0.3) is 0 Å². The largest absolute Gasteiger partial charge is 0.385 e. The lowest BCUT2D eigenvalue weighted by Crippen LogP contribution is -2.30. The zero-order chi connectivity index (χ0) is 11.4. The van der Waals surface area contributed by atoms with Crippen molar-refractivity contribution >= 4 is 0 Å². The summed E-state index contributed by atoms with van der Waals surface area (Å²) in [6.45, 7) is 3.16. The van der Waals surface area contributed by atoms with Gasteiger partial charge in [0.15, 0.2) is 0 Å². The van der Waals surface area contributed by atoms with Gasteiger partial charge in [0.25, 0.3) is 0 Å². The van der Waals surface area contributed by atoms with Crippen LogP contribution in [0.4, 0.5) is 0 Å². The summed E-state index contributed by atoms with van der Waals surface area (Å²) < 4.78 is 15.5. The zero-order valence-electron chi connectivity index (χ0n) is 10.3. The first kappa shape index (κ1) is 14.8. The Morgan fingerprint density at radius 1 is 1.00 bits per heavy atom. The van der Waals surface area contributed by atoms with E-state index in [1.54, 1.807) is 14.2 Å². The molecule has 0 aromatic carbocycles. The van der Waals surface area contributed by atoms with Gasteiger partial charge in [-0.2, -0.15) is 0 Å². The first-order valence-corrected chi connectivity index (χ1v) is 5.58. The normalized spacial score (nSPS) is 13.0. The second-order valence-electron chi connectivity index (χ2n) is 3.54. The summed E-state index contributed by atoms with van der Waals surface area (Å²) in [5.74, 6) is 0. The van der Waals surface area contributed by atoms with E-state index in [-0.39, 0.29) is 0 Å². The van der Waals surface area contributed by atoms with Gasteiger partial charge in [0.2, 0.25) is 0 Å². The molecular formula is C11H25NO3. The van der Waals surface area contributed by atoms with E-state index in [1.165, 1.54) is 0 Å². The summed E-state index contributed by atoms with van der Waals surface area (Å²) in [5, 5.41) is 3.21. The molecule has 0 radical (unpaired) electrons. The fourth-order valence-electron chi connectivity index (χ4n) is 1.35. The maximum Gasteiger partial charge on any atom is 0.0615 e. The lowest BCUT2D eigenvalue weighted by Gasteiger charge is -2.14. The van der Waals surface area contributed by atoms with Gasteiger partial charge in [0.1, 0.15) is 0 Å². The molecular weight excluding hydrogens is 194 g/mol. The summed E-state index contributed by atoms with van der Waals surface area (Å²) in [4.78, 5) is 0. The van der Waals surface area contributed by atoms with Crippen LogP contribution in [0.3, 0.4) is 0 Å². The Hall–Kier alpha value is -0.160. The van der Waals surface area contributed by atoms with Crippen molar-refractivity contribution in [1.82, 2.24) is 5.32 Å². The van der Waals surface area contributed by atoms with Crippen LogP contribution in [-0.4, -0.2) is 53.7 Å². The first-order chi connectivity index (χ1) is 7.35. The van der Waals surface area contributed by atoms with Crippen LogP contribution in [0.15, 0.2) is 0 Å². The molecule has 0 spiro atoms. The lowest BCUT2D eigenvalue weighted by atomic mass is 10.2. The van der Waals surface area contributed by atoms with Gasteiger partial charge < -0.3 is 19.5 Å². The average molecular weight is 219 g/mol. The van der Waals surface area contributed by atoms with E-state index >= 15 is 0 Å². The number of methoxy groups -OCH3 is 2. The van der Waals surface area contributed by atoms with Crippen LogP contribution < -0.4 is 5.32 Å². The number of nitrogens with one attached hydrogen (secondary N) is 1. The number of hydrogen-bond donors (Lipinski definition) is 1. The molecule has 0 aromatic heterocycles. The maximum atomic E-state index is 5.46. The van der Waals surface area contributed by atoms with E-state index in [4.69, 9.17) is 14.2 Å². The SMILES string of the molecule is CNC(CCCOCCCOC)COC. The molecule has 0 aromatic rings. The molecule has 0 heterocycles. The van der Waals surface area contributed by atoms with Crippen molar-refractivity contribution in [1.29, 1.82) is 0 Å². The minimum Gasteiger partial charge on any atom is -0.385 e. The van der Waals surface area contributed by atoms with Crippen molar-refractivity contribution in [3.8, 4) is 0 Å². The molecule has 0 fully saturated rings. The van der Waals surface area contributed by atoms with E-state index in [9.17, 15) is 0 Å². The first-order valence-electron chi connectivity index (χ1n) is 5.58. The minimum atomic E-state index is 0.442. The van der Waals surface area contributed by atoms with Crippen molar-refractivity contribution in [2.75, 3.05) is 47.7 Å². The van der Waals surface area contributed by atoms with Gasteiger partial charge in [0, 0.05) is 40.1 Å². The molecule has 0 saturated heterocycles. The van der Waals surface area contributed by atoms with Gasteiger partial charge in [0.05, 0.1) is 6.61 Å². The fraction of sp³-hybridized carbons (Fsp3) is 1.00.